The molecule has 1 saturated heterocycles. The van der Waals surface area contributed by atoms with Crippen LogP contribution in [0.3, 0.4) is 0 Å². The van der Waals surface area contributed by atoms with Crippen LogP contribution in [-0.2, 0) is 9.53 Å². The first kappa shape index (κ1) is 18.1. The molecule has 21 heavy (non-hydrogen) atoms. The fourth-order valence-corrected chi connectivity index (χ4v) is 2.59. The average Bonchev–Trinajstić information content (AvgIpc) is 2.36. The summed E-state index contributed by atoms with van der Waals surface area (Å²) in [4.78, 5) is 27.5. The molecule has 122 valence electrons. The normalized spacial score (nSPS) is 16.7. The maximum Gasteiger partial charge on any atom is 0.407 e. The Balaban J connectivity index is 2.06. The number of hydrogen-bond acceptors (Lipinski definition) is 5. The van der Waals surface area contributed by atoms with Crippen molar-refractivity contribution in [3.05, 3.63) is 0 Å². The molecule has 7 heteroatoms. The fourth-order valence-electron chi connectivity index (χ4n) is 1.85. The number of carbonyl (C=O) groups is 2. The van der Waals surface area contributed by atoms with Crippen LogP contribution in [0.2, 0.25) is 0 Å². The largest absolute Gasteiger partial charge is 0.444 e. The Morgan fingerprint density at radius 3 is 2.38 bits per heavy atom. The number of carbonyl (C=O) groups excluding carboxylic acids is 2. The first-order chi connectivity index (χ1) is 9.78. The van der Waals surface area contributed by atoms with Crippen LogP contribution in [0.15, 0.2) is 0 Å². The highest BCUT2D eigenvalue weighted by Gasteiger charge is 2.19. The first-order valence-corrected chi connectivity index (χ1v) is 8.44. The summed E-state index contributed by atoms with van der Waals surface area (Å²) in [7, 11) is 2.07. The lowest BCUT2D eigenvalue weighted by Crippen LogP contribution is -2.47. The van der Waals surface area contributed by atoms with Crippen molar-refractivity contribution in [3.8, 4) is 0 Å². The number of ether oxygens (including phenoxy) is 1. The van der Waals surface area contributed by atoms with E-state index in [1.807, 2.05) is 25.7 Å². The van der Waals surface area contributed by atoms with Gasteiger partial charge in [-0.15, -0.1) is 0 Å². The summed E-state index contributed by atoms with van der Waals surface area (Å²) in [5, 5.41) is 2.68. The van der Waals surface area contributed by atoms with Gasteiger partial charge in [0.15, 0.2) is 0 Å². The number of nitrogens with zero attached hydrogens (tertiary/aromatic N) is 2. The Morgan fingerprint density at radius 1 is 1.19 bits per heavy atom. The summed E-state index contributed by atoms with van der Waals surface area (Å²) in [5.74, 6) is 1.36. The van der Waals surface area contributed by atoms with Crippen LogP contribution in [0, 0.1) is 0 Å². The predicted molar refractivity (Wildman–Crippen MR) is 85.6 cm³/mol. The molecule has 0 bridgehead atoms. The van der Waals surface area contributed by atoms with Gasteiger partial charge in [-0.25, -0.2) is 4.79 Å². The molecular formula is C14H27N3O3S. The SMILES string of the molecule is CN1CCN(C(=O)CSCCNC(=O)OC(C)(C)C)CC1. The zero-order valence-corrected chi connectivity index (χ0v) is 14.3. The lowest BCUT2D eigenvalue weighted by atomic mass is 10.2. The highest BCUT2D eigenvalue weighted by molar-refractivity contribution is 7.99. The molecule has 0 aliphatic carbocycles. The minimum absolute atomic E-state index is 0.186. The molecule has 1 N–H and O–H groups in total. The second-order valence-corrected chi connectivity index (χ2v) is 7.27. The Morgan fingerprint density at radius 2 is 1.81 bits per heavy atom. The van der Waals surface area contributed by atoms with Crippen molar-refractivity contribution < 1.29 is 14.3 Å². The second kappa shape index (κ2) is 8.48. The predicted octanol–water partition coefficient (Wildman–Crippen LogP) is 1.02. The van der Waals surface area contributed by atoms with Crippen molar-refractivity contribution in [1.29, 1.82) is 0 Å². The van der Waals surface area contributed by atoms with Gasteiger partial charge >= 0.3 is 6.09 Å². The van der Waals surface area contributed by atoms with E-state index in [4.69, 9.17) is 4.74 Å². The highest BCUT2D eigenvalue weighted by atomic mass is 32.2. The zero-order valence-electron chi connectivity index (χ0n) is 13.5. The third kappa shape index (κ3) is 8.16. The van der Waals surface area contributed by atoms with Crippen LogP contribution in [0.1, 0.15) is 20.8 Å². The van der Waals surface area contributed by atoms with Crippen LogP contribution >= 0.6 is 11.8 Å². The van der Waals surface area contributed by atoms with Crippen LogP contribution in [-0.4, -0.2) is 78.7 Å². The van der Waals surface area contributed by atoms with Gasteiger partial charge in [-0.3, -0.25) is 4.79 Å². The van der Waals surface area contributed by atoms with E-state index in [0.717, 1.165) is 26.2 Å². The van der Waals surface area contributed by atoms with Gasteiger partial charge in [0.1, 0.15) is 5.60 Å². The van der Waals surface area contributed by atoms with Crippen molar-refractivity contribution in [3.63, 3.8) is 0 Å². The monoisotopic (exact) mass is 317 g/mol. The summed E-state index contributed by atoms with van der Waals surface area (Å²) in [6, 6.07) is 0. The second-order valence-electron chi connectivity index (χ2n) is 6.17. The van der Waals surface area contributed by atoms with Crippen LogP contribution in [0.5, 0.6) is 0 Å². The molecule has 0 aromatic carbocycles. The smallest absolute Gasteiger partial charge is 0.407 e. The highest BCUT2D eigenvalue weighted by Crippen LogP contribution is 2.07. The standard InChI is InChI=1S/C14H27N3O3S/c1-14(2,3)20-13(19)15-5-10-21-11-12(18)17-8-6-16(4)7-9-17/h5-11H2,1-4H3,(H,15,19). The lowest BCUT2D eigenvalue weighted by Gasteiger charge is -2.32. The van der Waals surface area contributed by atoms with E-state index >= 15 is 0 Å². The molecule has 2 amide bonds. The molecule has 0 spiro atoms. The van der Waals surface area contributed by atoms with E-state index in [1.165, 1.54) is 0 Å². The van der Waals surface area contributed by atoms with Crippen LogP contribution < -0.4 is 5.32 Å². The first-order valence-electron chi connectivity index (χ1n) is 7.29. The molecule has 0 saturated carbocycles. The number of piperazine rings is 1. The molecular weight excluding hydrogens is 290 g/mol. The molecule has 0 atom stereocenters. The Labute approximate surface area is 131 Å². The van der Waals surface area contributed by atoms with Gasteiger partial charge in [0.05, 0.1) is 5.75 Å². The summed E-state index contributed by atoms with van der Waals surface area (Å²) in [6.07, 6.45) is -0.409. The molecule has 1 rings (SSSR count). The van der Waals surface area contributed by atoms with Crippen molar-refractivity contribution in [2.45, 2.75) is 26.4 Å². The van der Waals surface area contributed by atoms with E-state index < -0.39 is 11.7 Å². The number of nitrogens with one attached hydrogen (secondary N) is 1. The van der Waals surface area contributed by atoms with Gasteiger partial charge in [0.2, 0.25) is 5.91 Å². The molecule has 0 radical (unpaired) electrons. The van der Waals surface area contributed by atoms with Gasteiger partial charge in [0, 0.05) is 38.5 Å². The van der Waals surface area contributed by atoms with E-state index in [2.05, 4.69) is 17.3 Å². The number of rotatable bonds is 5. The van der Waals surface area contributed by atoms with Crippen molar-refractivity contribution in [2.75, 3.05) is 51.3 Å². The minimum Gasteiger partial charge on any atom is -0.444 e. The van der Waals surface area contributed by atoms with Crippen molar-refractivity contribution >= 4 is 23.8 Å². The van der Waals surface area contributed by atoms with Crippen LogP contribution in [0.25, 0.3) is 0 Å². The molecule has 6 nitrogen and oxygen atoms in total. The van der Waals surface area contributed by atoms with E-state index in [0.29, 0.717) is 18.1 Å². The summed E-state index contributed by atoms with van der Waals surface area (Å²) < 4.78 is 5.13. The van der Waals surface area contributed by atoms with Gasteiger partial charge in [-0.05, 0) is 27.8 Å². The van der Waals surface area contributed by atoms with Crippen LogP contribution in [0.4, 0.5) is 4.79 Å². The number of amides is 2. The number of hydrogen-bond donors (Lipinski definition) is 1. The molecule has 1 aliphatic heterocycles. The molecule has 1 aliphatic rings. The lowest BCUT2D eigenvalue weighted by molar-refractivity contribution is -0.129. The topological polar surface area (TPSA) is 61.9 Å². The zero-order chi connectivity index (χ0) is 15.9. The van der Waals surface area contributed by atoms with E-state index in [1.54, 1.807) is 11.8 Å². The van der Waals surface area contributed by atoms with Gasteiger partial charge in [0.25, 0.3) is 0 Å². The van der Waals surface area contributed by atoms with Gasteiger partial charge in [-0.2, -0.15) is 11.8 Å². The number of likely N-dealkylation sites (N-methyl/N-ethyl adjacent to an activating group) is 1. The molecule has 0 aromatic heterocycles. The Kier molecular flexibility index (Phi) is 7.31. The van der Waals surface area contributed by atoms with E-state index in [-0.39, 0.29) is 5.91 Å². The Hall–Kier alpha value is -0.950. The fraction of sp³-hybridized carbons (Fsp3) is 0.857. The summed E-state index contributed by atoms with van der Waals surface area (Å²) in [5.41, 5.74) is -0.478. The average molecular weight is 317 g/mol. The maximum atomic E-state index is 12.0. The molecule has 1 heterocycles. The maximum absolute atomic E-state index is 12.0. The molecule has 0 unspecified atom stereocenters. The summed E-state index contributed by atoms with van der Waals surface area (Å²) >= 11 is 1.54. The third-order valence-electron chi connectivity index (χ3n) is 3.00. The molecule has 1 fully saturated rings. The Bertz CT molecular complexity index is 350. The van der Waals surface area contributed by atoms with Gasteiger partial charge < -0.3 is 19.9 Å². The van der Waals surface area contributed by atoms with Crippen molar-refractivity contribution in [2.24, 2.45) is 0 Å². The van der Waals surface area contributed by atoms with Gasteiger partial charge in [-0.1, -0.05) is 0 Å². The number of thioether (sulfide) groups is 1. The quantitative estimate of drug-likeness (QED) is 0.767. The van der Waals surface area contributed by atoms with Crippen molar-refractivity contribution in [1.82, 2.24) is 15.1 Å². The molecule has 0 aromatic rings. The number of alkyl carbamates (subject to hydrolysis) is 1. The third-order valence-corrected chi connectivity index (χ3v) is 3.94. The minimum atomic E-state index is -0.478. The van der Waals surface area contributed by atoms with E-state index in [9.17, 15) is 9.59 Å². The summed E-state index contributed by atoms with van der Waals surface area (Å²) in [6.45, 7) is 9.50.